The fraction of sp³-hybridized carbons (Fsp3) is 0.536. The summed E-state index contributed by atoms with van der Waals surface area (Å²) in [5.41, 5.74) is 3.82. The Hall–Kier alpha value is -2.65. The van der Waals surface area contributed by atoms with E-state index >= 15 is 0 Å². The number of fused-ring (bicyclic) bond motifs is 1. The van der Waals surface area contributed by atoms with Crippen molar-refractivity contribution in [2.45, 2.75) is 71.3 Å². The minimum atomic E-state index is -0.621. The van der Waals surface area contributed by atoms with E-state index in [1.54, 1.807) is 12.4 Å². The Morgan fingerprint density at radius 1 is 1.16 bits per heavy atom. The quantitative estimate of drug-likeness (QED) is 0.226. The van der Waals surface area contributed by atoms with E-state index in [-0.39, 0.29) is 5.82 Å². The summed E-state index contributed by atoms with van der Waals surface area (Å²) >= 11 is 8.22. The highest BCUT2D eigenvalue weighted by atomic mass is 35.5. The Morgan fingerprint density at radius 2 is 1.95 bits per heavy atom. The van der Waals surface area contributed by atoms with Crippen molar-refractivity contribution in [2.75, 3.05) is 12.0 Å². The van der Waals surface area contributed by atoms with Crippen LogP contribution in [0.3, 0.4) is 0 Å². The molecule has 0 aromatic carbocycles. The Labute approximate surface area is 232 Å². The minimum Gasteiger partial charge on any atom is -0.326 e. The summed E-state index contributed by atoms with van der Waals surface area (Å²) in [5, 5.41) is 4.42. The van der Waals surface area contributed by atoms with Gasteiger partial charge in [-0.2, -0.15) is 11.8 Å². The van der Waals surface area contributed by atoms with Crippen LogP contribution < -0.4 is 5.76 Å². The van der Waals surface area contributed by atoms with Gasteiger partial charge in [0.1, 0.15) is 11.5 Å². The zero-order valence-corrected chi connectivity index (χ0v) is 23.8. The van der Waals surface area contributed by atoms with Crippen LogP contribution in [0.2, 0.25) is 5.02 Å². The van der Waals surface area contributed by atoms with Gasteiger partial charge in [0.25, 0.3) is 0 Å². The summed E-state index contributed by atoms with van der Waals surface area (Å²) in [6.45, 7) is 5.43. The molecule has 202 valence electrons. The van der Waals surface area contributed by atoms with Crippen molar-refractivity contribution in [1.82, 2.24) is 29.7 Å². The minimum absolute atomic E-state index is 0.273. The van der Waals surface area contributed by atoms with Crippen molar-refractivity contribution in [3.05, 3.63) is 45.9 Å². The van der Waals surface area contributed by atoms with E-state index in [2.05, 4.69) is 39.8 Å². The molecule has 4 aromatic heterocycles. The highest BCUT2D eigenvalue weighted by Crippen LogP contribution is 2.38. The maximum absolute atomic E-state index is 11.7. The largest absolute Gasteiger partial charge is 0.439 e. The van der Waals surface area contributed by atoms with E-state index in [4.69, 9.17) is 26.1 Å². The molecule has 0 aliphatic heterocycles. The van der Waals surface area contributed by atoms with Crippen molar-refractivity contribution in [3.63, 3.8) is 0 Å². The van der Waals surface area contributed by atoms with Crippen LogP contribution in [0.25, 0.3) is 33.8 Å². The number of aromatic amines is 1. The summed E-state index contributed by atoms with van der Waals surface area (Å²) in [4.78, 5) is 28.9. The average molecular weight is 555 g/mol. The van der Waals surface area contributed by atoms with Crippen LogP contribution in [0.1, 0.15) is 70.5 Å². The van der Waals surface area contributed by atoms with Crippen LogP contribution in [0.15, 0.2) is 33.8 Å². The number of pyridine rings is 2. The maximum atomic E-state index is 11.7. The molecule has 0 saturated heterocycles. The molecular formula is C28H35ClN6O2S. The molecule has 0 spiro atoms. The smallest absolute Gasteiger partial charge is 0.326 e. The third kappa shape index (κ3) is 5.69. The molecule has 0 amide bonds. The van der Waals surface area contributed by atoms with E-state index in [1.165, 1.54) is 38.5 Å². The zero-order valence-electron chi connectivity index (χ0n) is 22.2. The number of H-pyrrole nitrogens is 1. The van der Waals surface area contributed by atoms with Crippen LogP contribution >= 0.6 is 23.4 Å². The first kappa shape index (κ1) is 26.9. The van der Waals surface area contributed by atoms with Gasteiger partial charge in [0.05, 0.1) is 21.7 Å². The molecule has 4 heterocycles. The van der Waals surface area contributed by atoms with Gasteiger partial charge < -0.3 is 4.57 Å². The van der Waals surface area contributed by atoms with Gasteiger partial charge in [0, 0.05) is 36.2 Å². The van der Waals surface area contributed by atoms with Gasteiger partial charge in [-0.15, -0.1) is 0 Å². The lowest BCUT2D eigenvalue weighted by Gasteiger charge is -2.30. The van der Waals surface area contributed by atoms with Gasteiger partial charge in [-0.05, 0) is 49.5 Å². The van der Waals surface area contributed by atoms with Crippen LogP contribution in [-0.2, 0) is 6.54 Å². The van der Waals surface area contributed by atoms with E-state index in [1.807, 2.05) is 23.9 Å². The van der Waals surface area contributed by atoms with E-state index in [0.717, 1.165) is 52.8 Å². The lowest BCUT2D eigenvalue weighted by atomic mass is 9.80. The third-order valence-electron chi connectivity index (χ3n) is 7.75. The molecule has 10 heteroatoms. The number of hydrogen-bond donors (Lipinski definition) is 1. The zero-order chi connectivity index (χ0) is 26.6. The SMILES string of the molecule is CCCC1CCC(Cn2c(C(CC)CSC)nc3cc(-c4noc(=O)[nH]4)nc(-c4cncc(Cl)c4)c32)CC1. The molecule has 1 fully saturated rings. The molecule has 1 aliphatic rings. The number of imidazole rings is 1. The van der Waals surface area contributed by atoms with Crippen LogP contribution in [0.4, 0.5) is 0 Å². The molecule has 4 aromatic rings. The van der Waals surface area contributed by atoms with Crippen molar-refractivity contribution >= 4 is 34.4 Å². The monoisotopic (exact) mass is 554 g/mol. The molecule has 38 heavy (non-hydrogen) atoms. The second-order valence-electron chi connectivity index (χ2n) is 10.4. The summed E-state index contributed by atoms with van der Waals surface area (Å²) in [5.74, 6) is 3.51. The van der Waals surface area contributed by atoms with Gasteiger partial charge in [0.15, 0.2) is 0 Å². The number of thioether (sulfide) groups is 1. The first-order valence-corrected chi connectivity index (χ1v) is 15.3. The first-order valence-electron chi connectivity index (χ1n) is 13.6. The fourth-order valence-corrected chi connectivity index (χ4v) is 6.78. The van der Waals surface area contributed by atoms with E-state index in [0.29, 0.717) is 22.6 Å². The molecule has 1 unspecified atom stereocenters. The van der Waals surface area contributed by atoms with Crippen molar-refractivity contribution in [2.24, 2.45) is 11.8 Å². The van der Waals surface area contributed by atoms with Gasteiger partial charge in [0.2, 0.25) is 5.82 Å². The standard InChI is InChI=1S/C28H35ClN6O2S/c1-4-6-17-7-9-18(10-8-17)15-35-25-22(32-27(35)19(5-2)16-38-3)12-23(26-33-28(36)37-34-26)31-24(25)20-11-21(29)14-30-13-20/h11-14,17-19H,4-10,15-16H2,1-3H3,(H,33,34,36). The highest BCUT2D eigenvalue weighted by Gasteiger charge is 2.27. The number of nitrogens with one attached hydrogen (secondary N) is 1. The van der Waals surface area contributed by atoms with Crippen LogP contribution in [-0.4, -0.2) is 41.7 Å². The molecule has 1 atom stereocenters. The molecule has 1 N–H and O–H groups in total. The van der Waals surface area contributed by atoms with E-state index < -0.39 is 5.76 Å². The lowest BCUT2D eigenvalue weighted by Crippen LogP contribution is -2.21. The molecule has 1 saturated carbocycles. The Morgan fingerprint density at radius 3 is 2.61 bits per heavy atom. The number of aromatic nitrogens is 6. The fourth-order valence-electron chi connectivity index (χ4n) is 5.82. The summed E-state index contributed by atoms with van der Waals surface area (Å²) in [6.07, 6.45) is 14.2. The van der Waals surface area contributed by atoms with Crippen molar-refractivity contribution < 1.29 is 4.52 Å². The average Bonchev–Trinajstić information content (AvgIpc) is 3.51. The Bertz CT molecular complexity index is 1440. The van der Waals surface area contributed by atoms with Gasteiger partial charge in [-0.3, -0.25) is 14.5 Å². The van der Waals surface area contributed by atoms with Gasteiger partial charge >= 0.3 is 5.76 Å². The summed E-state index contributed by atoms with van der Waals surface area (Å²) < 4.78 is 7.20. The molecular weight excluding hydrogens is 520 g/mol. The van der Waals surface area contributed by atoms with E-state index in [9.17, 15) is 4.79 Å². The topological polar surface area (TPSA) is 102 Å². The second kappa shape index (κ2) is 12.0. The number of rotatable bonds is 10. The van der Waals surface area contributed by atoms with Crippen molar-refractivity contribution in [1.29, 1.82) is 0 Å². The molecule has 1 aliphatic carbocycles. The van der Waals surface area contributed by atoms with Crippen molar-refractivity contribution in [3.8, 4) is 22.8 Å². The predicted molar refractivity (Wildman–Crippen MR) is 154 cm³/mol. The number of halogens is 1. The first-order chi connectivity index (χ1) is 18.5. The molecule has 8 nitrogen and oxygen atoms in total. The number of hydrogen-bond acceptors (Lipinski definition) is 7. The Kier molecular flexibility index (Phi) is 8.53. The molecule has 0 bridgehead atoms. The van der Waals surface area contributed by atoms with Crippen LogP contribution in [0, 0.1) is 11.8 Å². The van der Waals surface area contributed by atoms with Crippen LogP contribution in [0.5, 0.6) is 0 Å². The van der Waals surface area contributed by atoms with Gasteiger partial charge in [-0.1, -0.05) is 56.3 Å². The second-order valence-corrected chi connectivity index (χ2v) is 11.7. The normalized spacial score (nSPS) is 18.7. The highest BCUT2D eigenvalue weighted by molar-refractivity contribution is 7.98. The summed E-state index contributed by atoms with van der Waals surface area (Å²) in [6, 6.07) is 3.77. The van der Waals surface area contributed by atoms with Gasteiger partial charge in [-0.25, -0.2) is 14.8 Å². The number of nitrogens with zero attached hydrogens (tertiary/aromatic N) is 5. The summed E-state index contributed by atoms with van der Waals surface area (Å²) in [7, 11) is 0. The lowest BCUT2D eigenvalue weighted by molar-refractivity contribution is 0.241. The Balaban J connectivity index is 1.68. The predicted octanol–water partition coefficient (Wildman–Crippen LogP) is 6.95. The molecule has 5 rings (SSSR count). The third-order valence-corrected chi connectivity index (χ3v) is 8.69. The molecule has 0 radical (unpaired) electrons. The maximum Gasteiger partial charge on any atom is 0.439 e.